The largest absolute Gasteiger partial charge is 0.465 e. The third kappa shape index (κ3) is 5.27. The van der Waals surface area contributed by atoms with Crippen LogP contribution in [0, 0.1) is 6.92 Å². The molecule has 1 aliphatic heterocycles. The molecule has 3 N–H and O–H groups in total. The Labute approximate surface area is 145 Å². The zero-order valence-corrected chi connectivity index (χ0v) is 14.0. The number of nitrogens with zero attached hydrogens (tertiary/aromatic N) is 1. The van der Waals surface area contributed by atoms with Gasteiger partial charge < -0.3 is 19.6 Å². The van der Waals surface area contributed by atoms with Crippen molar-refractivity contribution in [3.63, 3.8) is 0 Å². The second kappa shape index (κ2) is 7.74. The molecule has 0 spiro atoms. The molecule has 1 fully saturated rings. The van der Waals surface area contributed by atoms with Gasteiger partial charge in [0.05, 0.1) is 0 Å². The summed E-state index contributed by atoms with van der Waals surface area (Å²) in [4.78, 5) is 14.9. The molecule has 2 heterocycles. The van der Waals surface area contributed by atoms with Gasteiger partial charge in [0.15, 0.2) is 0 Å². The topological polar surface area (TPSA) is 96.1 Å². The Kier molecular flexibility index (Phi) is 5.23. The van der Waals surface area contributed by atoms with Gasteiger partial charge in [-0.1, -0.05) is 19.3 Å². The fraction of sp³-hybridized carbons (Fsp3) is 0.333. The average Bonchev–Trinajstić information content (AvgIpc) is 3.41. The lowest BCUT2D eigenvalue weighted by Gasteiger charge is -2.21. The number of anilines is 2. The molecule has 7 nitrogen and oxygen atoms in total. The molecule has 1 aliphatic carbocycles. The Morgan fingerprint density at radius 3 is 2.72 bits per heavy atom. The van der Waals surface area contributed by atoms with E-state index in [0.29, 0.717) is 24.9 Å². The molecule has 25 heavy (non-hydrogen) atoms. The summed E-state index contributed by atoms with van der Waals surface area (Å²) in [6.45, 7) is 2.60. The van der Waals surface area contributed by atoms with E-state index in [4.69, 9.17) is 14.3 Å². The molecule has 132 valence electrons. The highest BCUT2D eigenvalue weighted by Gasteiger charge is 2.15. The van der Waals surface area contributed by atoms with Crippen LogP contribution in [0.1, 0.15) is 36.3 Å². The average molecular weight is 343 g/mol. The highest BCUT2D eigenvalue weighted by molar-refractivity contribution is 5.92. The number of nitrogens with one attached hydrogen (secondary N) is 2. The number of rotatable bonds is 3. The number of ether oxygens (including phenoxy) is 1. The lowest BCUT2D eigenvalue weighted by molar-refractivity contribution is 0.209. The number of hydrogen-bond acceptors (Lipinski definition) is 4. The Morgan fingerprint density at radius 1 is 1.28 bits per heavy atom. The molecule has 0 saturated heterocycles. The Hall–Kier alpha value is -2.96. The second-order valence-corrected chi connectivity index (χ2v) is 5.91. The van der Waals surface area contributed by atoms with Crippen LogP contribution < -0.4 is 10.6 Å². The number of benzene rings is 1. The summed E-state index contributed by atoms with van der Waals surface area (Å²) in [5.41, 5.74) is 2.21. The summed E-state index contributed by atoms with van der Waals surface area (Å²) in [5, 5.41) is 14.1. The molecule has 0 bridgehead atoms. The van der Waals surface area contributed by atoms with Crippen LogP contribution >= 0.6 is 0 Å². The molecule has 1 aromatic carbocycles. The minimum absolute atomic E-state index is 0.327. The number of carboxylic acid groups (broad SMARTS) is 1. The van der Waals surface area contributed by atoms with Crippen molar-refractivity contribution in [2.24, 2.45) is 4.99 Å². The lowest BCUT2D eigenvalue weighted by atomic mass is 10.1. The van der Waals surface area contributed by atoms with E-state index in [1.807, 2.05) is 19.1 Å². The van der Waals surface area contributed by atoms with Gasteiger partial charge in [-0.2, -0.15) is 0 Å². The number of amidine groups is 1. The van der Waals surface area contributed by atoms with Crippen LogP contribution in [0.4, 0.5) is 16.2 Å². The first kappa shape index (κ1) is 16.9. The predicted molar refractivity (Wildman–Crippen MR) is 94.9 cm³/mol. The van der Waals surface area contributed by atoms with E-state index >= 15 is 0 Å². The predicted octanol–water partition coefficient (Wildman–Crippen LogP) is 4.35. The number of hydrogen-bond donors (Lipinski definition) is 3. The minimum atomic E-state index is -1.10. The van der Waals surface area contributed by atoms with Gasteiger partial charge in [-0.25, -0.2) is 9.79 Å². The Morgan fingerprint density at radius 2 is 2.08 bits per heavy atom. The van der Waals surface area contributed by atoms with Crippen molar-refractivity contribution in [1.29, 1.82) is 0 Å². The van der Waals surface area contributed by atoms with Crippen LogP contribution in [0.3, 0.4) is 0 Å². The third-order valence-electron chi connectivity index (χ3n) is 3.49. The van der Waals surface area contributed by atoms with Crippen LogP contribution in [0.5, 0.6) is 0 Å². The van der Waals surface area contributed by atoms with Crippen molar-refractivity contribution in [2.45, 2.75) is 39.3 Å². The normalized spacial score (nSPS) is 16.0. The monoisotopic (exact) mass is 343 g/mol. The summed E-state index contributed by atoms with van der Waals surface area (Å²) in [7, 11) is 0. The summed E-state index contributed by atoms with van der Waals surface area (Å²) in [6, 6.07) is 9.37. The fourth-order valence-electron chi connectivity index (χ4n) is 2.14. The maximum absolute atomic E-state index is 10.6. The second-order valence-electron chi connectivity index (χ2n) is 5.91. The van der Waals surface area contributed by atoms with Crippen molar-refractivity contribution in [3.05, 3.63) is 47.4 Å². The van der Waals surface area contributed by atoms with Gasteiger partial charge in [0.25, 0.3) is 6.02 Å². The van der Waals surface area contributed by atoms with E-state index in [0.717, 1.165) is 22.8 Å². The van der Waals surface area contributed by atoms with Crippen LogP contribution in [-0.4, -0.2) is 17.2 Å². The molecule has 0 atom stereocenters. The molecule has 2 aromatic rings. The standard InChI is InChI=1S/C15H15N3O4.C3H6/c1-9-2-4-12(22-9)7-16-14-18-13-5-3-11(17-15(19)20)6-10(13)8-21-14;1-2-3-1/h2-6,17H,7-8H2,1H3,(H,16,18)(H,19,20);1-3H2. The Bertz CT molecular complexity index is 778. The summed E-state index contributed by atoms with van der Waals surface area (Å²) < 4.78 is 11.0. The molecular weight excluding hydrogens is 322 g/mol. The van der Waals surface area contributed by atoms with E-state index < -0.39 is 6.09 Å². The van der Waals surface area contributed by atoms with E-state index in [9.17, 15) is 4.79 Å². The summed E-state index contributed by atoms with van der Waals surface area (Å²) >= 11 is 0. The van der Waals surface area contributed by atoms with Crippen molar-refractivity contribution >= 4 is 23.5 Å². The SMILES string of the molecule is C1CC1.Cc1ccc(CN=C2Nc3ccc(NC(=O)O)cc3CO2)o1. The number of furan rings is 1. The van der Waals surface area contributed by atoms with E-state index in [2.05, 4.69) is 15.6 Å². The summed E-state index contributed by atoms with van der Waals surface area (Å²) in [6.07, 6.45) is 3.40. The molecule has 4 rings (SSSR count). The van der Waals surface area contributed by atoms with Crippen LogP contribution in [0.2, 0.25) is 0 Å². The third-order valence-corrected chi connectivity index (χ3v) is 3.49. The van der Waals surface area contributed by atoms with Crippen molar-refractivity contribution in [2.75, 3.05) is 10.6 Å². The number of amides is 1. The molecular formula is C18H21N3O4. The van der Waals surface area contributed by atoms with Crippen LogP contribution in [0.15, 0.2) is 39.7 Å². The zero-order valence-electron chi connectivity index (χ0n) is 14.0. The van der Waals surface area contributed by atoms with Gasteiger partial charge in [-0.3, -0.25) is 5.32 Å². The molecule has 1 amide bonds. The summed E-state index contributed by atoms with van der Waals surface area (Å²) in [5.74, 6) is 1.61. The maximum Gasteiger partial charge on any atom is 0.409 e. The first-order valence-corrected chi connectivity index (χ1v) is 8.22. The highest BCUT2D eigenvalue weighted by atomic mass is 16.5. The van der Waals surface area contributed by atoms with E-state index in [1.165, 1.54) is 19.3 Å². The molecule has 7 heteroatoms. The van der Waals surface area contributed by atoms with Crippen LogP contribution in [-0.2, 0) is 17.9 Å². The highest BCUT2D eigenvalue weighted by Crippen LogP contribution is 2.25. The quantitative estimate of drug-likeness (QED) is 0.770. The number of carbonyl (C=O) groups is 1. The van der Waals surface area contributed by atoms with Gasteiger partial charge in [0.1, 0.15) is 24.7 Å². The minimum Gasteiger partial charge on any atom is -0.465 e. The molecule has 2 aliphatic rings. The number of aliphatic imine (C=N–C) groups is 1. The van der Waals surface area contributed by atoms with Crippen molar-refractivity contribution in [3.8, 4) is 0 Å². The maximum atomic E-state index is 10.6. The first-order chi connectivity index (χ1) is 12.1. The fourth-order valence-corrected chi connectivity index (χ4v) is 2.14. The van der Waals surface area contributed by atoms with Crippen molar-refractivity contribution in [1.82, 2.24) is 0 Å². The lowest BCUT2D eigenvalue weighted by Crippen LogP contribution is -2.22. The molecule has 1 saturated carbocycles. The van der Waals surface area contributed by atoms with E-state index in [1.54, 1.807) is 18.2 Å². The van der Waals surface area contributed by atoms with Crippen LogP contribution in [0.25, 0.3) is 0 Å². The van der Waals surface area contributed by atoms with Gasteiger partial charge in [0.2, 0.25) is 0 Å². The van der Waals surface area contributed by atoms with Gasteiger partial charge in [0, 0.05) is 16.9 Å². The Balaban J connectivity index is 0.000000549. The number of fused-ring (bicyclic) bond motifs is 1. The van der Waals surface area contributed by atoms with Gasteiger partial charge in [-0.05, 0) is 37.3 Å². The molecule has 0 radical (unpaired) electrons. The first-order valence-electron chi connectivity index (χ1n) is 8.22. The number of aryl methyl sites for hydroxylation is 1. The van der Waals surface area contributed by atoms with Crippen molar-refractivity contribution < 1.29 is 19.1 Å². The smallest absolute Gasteiger partial charge is 0.409 e. The van der Waals surface area contributed by atoms with Gasteiger partial charge >= 0.3 is 6.09 Å². The molecule has 1 aromatic heterocycles. The van der Waals surface area contributed by atoms with Gasteiger partial charge in [-0.15, -0.1) is 0 Å². The zero-order chi connectivity index (χ0) is 17.6. The molecule has 0 unspecified atom stereocenters. The van der Waals surface area contributed by atoms with E-state index in [-0.39, 0.29) is 0 Å².